The molecule has 0 aliphatic carbocycles. The number of aliphatic hydroxyl groups excluding tert-OH is 1. The fourth-order valence-electron chi connectivity index (χ4n) is 2.56. The molecule has 2 N–H and O–H groups in total. The smallest absolute Gasteiger partial charge is 0.103 e. The molecule has 0 aliphatic heterocycles. The minimum atomic E-state index is -0.621. The highest BCUT2D eigenvalue weighted by Crippen LogP contribution is 2.31. The third-order valence-electron chi connectivity index (χ3n) is 3.71. The maximum absolute atomic E-state index is 10.8. The number of anilines is 1. The zero-order valence-electron chi connectivity index (χ0n) is 12.3. The minimum absolute atomic E-state index is 0.203. The van der Waals surface area contributed by atoms with Gasteiger partial charge in [-0.3, -0.25) is 0 Å². The summed E-state index contributed by atoms with van der Waals surface area (Å²) < 4.78 is 0. The van der Waals surface area contributed by atoms with Crippen molar-refractivity contribution in [1.82, 2.24) is 0 Å². The van der Waals surface area contributed by atoms with Crippen LogP contribution in [-0.2, 0) is 0 Å². The molecule has 0 heterocycles. The van der Waals surface area contributed by atoms with E-state index in [1.807, 2.05) is 91.0 Å². The van der Waals surface area contributed by atoms with Crippen LogP contribution in [-0.4, -0.2) is 5.11 Å². The second-order valence-electron chi connectivity index (χ2n) is 5.25. The van der Waals surface area contributed by atoms with Gasteiger partial charge in [0.15, 0.2) is 0 Å². The van der Waals surface area contributed by atoms with Crippen LogP contribution in [0.3, 0.4) is 0 Å². The largest absolute Gasteiger partial charge is 0.386 e. The summed E-state index contributed by atoms with van der Waals surface area (Å²) in [6.45, 7) is 0. The lowest BCUT2D eigenvalue weighted by atomic mass is 9.95. The van der Waals surface area contributed by atoms with Crippen LogP contribution in [0.5, 0.6) is 0 Å². The minimum Gasteiger partial charge on any atom is -0.386 e. The van der Waals surface area contributed by atoms with Crippen molar-refractivity contribution in [2.45, 2.75) is 12.1 Å². The molecule has 2 heteroatoms. The van der Waals surface area contributed by atoms with Crippen molar-refractivity contribution < 1.29 is 5.11 Å². The molecule has 0 spiro atoms. The van der Waals surface area contributed by atoms with E-state index < -0.39 is 6.10 Å². The Kier molecular flexibility index (Phi) is 4.52. The number of hydrogen-bond acceptors (Lipinski definition) is 2. The molecule has 0 bridgehead atoms. The second-order valence-corrected chi connectivity index (χ2v) is 5.25. The van der Waals surface area contributed by atoms with E-state index in [2.05, 4.69) is 5.32 Å². The van der Waals surface area contributed by atoms with Gasteiger partial charge in [0, 0.05) is 5.69 Å². The Morgan fingerprint density at radius 2 is 1.05 bits per heavy atom. The first kappa shape index (κ1) is 14.4. The average Bonchev–Trinajstić information content (AvgIpc) is 2.61. The van der Waals surface area contributed by atoms with Crippen LogP contribution in [0.25, 0.3) is 0 Å². The highest BCUT2D eigenvalue weighted by molar-refractivity contribution is 5.46. The van der Waals surface area contributed by atoms with Gasteiger partial charge in [-0.05, 0) is 23.3 Å². The molecule has 0 amide bonds. The van der Waals surface area contributed by atoms with Gasteiger partial charge in [0.2, 0.25) is 0 Å². The first-order chi connectivity index (χ1) is 10.8. The highest BCUT2D eigenvalue weighted by atomic mass is 16.3. The molecular formula is C20H19NO. The van der Waals surface area contributed by atoms with Gasteiger partial charge in [0.1, 0.15) is 6.10 Å². The third kappa shape index (κ3) is 3.35. The van der Waals surface area contributed by atoms with E-state index in [-0.39, 0.29) is 6.04 Å². The number of benzene rings is 3. The first-order valence-corrected chi connectivity index (χ1v) is 7.44. The topological polar surface area (TPSA) is 32.3 Å². The molecule has 0 saturated heterocycles. The Morgan fingerprint density at radius 1 is 0.591 bits per heavy atom. The van der Waals surface area contributed by atoms with Crippen LogP contribution >= 0.6 is 0 Å². The van der Waals surface area contributed by atoms with Gasteiger partial charge in [0.25, 0.3) is 0 Å². The molecule has 0 fully saturated rings. The number of nitrogens with one attached hydrogen (secondary N) is 1. The van der Waals surface area contributed by atoms with Crippen LogP contribution in [0.1, 0.15) is 23.3 Å². The maximum atomic E-state index is 10.8. The van der Waals surface area contributed by atoms with Crippen LogP contribution in [0.15, 0.2) is 91.0 Å². The lowest BCUT2D eigenvalue weighted by Gasteiger charge is -2.26. The van der Waals surface area contributed by atoms with Gasteiger partial charge in [-0.25, -0.2) is 0 Å². The van der Waals surface area contributed by atoms with E-state index in [1.54, 1.807) is 0 Å². The predicted octanol–water partition coefficient (Wildman–Crippen LogP) is 4.57. The summed E-state index contributed by atoms with van der Waals surface area (Å²) in [7, 11) is 0. The van der Waals surface area contributed by atoms with Crippen LogP contribution in [0, 0.1) is 0 Å². The van der Waals surface area contributed by atoms with Crippen molar-refractivity contribution in [3.63, 3.8) is 0 Å². The quantitative estimate of drug-likeness (QED) is 0.721. The van der Waals surface area contributed by atoms with E-state index in [4.69, 9.17) is 0 Å². The Bertz CT molecular complexity index is 683. The van der Waals surface area contributed by atoms with Crippen molar-refractivity contribution >= 4 is 5.69 Å². The summed E-state index contributed by atoms with van der Waals surface area (Å²) in [6.07, 6.45) is -0.621. The molecule has 0 saturated carbocycles. The fourth-order valence-corrected chi connectivity index (χ4v) is 2.56. The summed E-state index contributed by atoms with van der Waals surface area (Å²) >= 11 is 0. The van der Waals surface area contributed by atoms with E-state index in [0.29, 0.717) is 0 Å². The average molecular weight is 289 g/mol. The Hall–Kier alpha value is -2.58. The van der Waals surface area contributed by atoms with Gasteiger partial charge in [-0.1, -0.05) is 78.9 Å². The number of para-hydroxylation sites is 1. The molecule has 0 radical (unpaired) electrons. The van der Waals surface area contributed by atoms with Gasteiger partial charge in [-0.15, -0.1) is 0 Å². The lowest BCUT2D eigenvalue weighted by Crippen LogP contribution is -2.19. The summed E-state index contributed by atoms with van der Waals surface area (Å²) in [4.78, 5) is 0. The normalized spacial score (nSPS) is 13.3. The van der Waals surface area contributed by atoms with E-state index in [9.17, 15) is 5.11 Å². The monoisotopic (exact) mass is 289 g/mol. The van der Waals surface area contributed by atoms with Crippen LogP contribution in [0.4, 0.5) is 5.69 Å². The Labute approximate surface area is 131 Å². The van der Waals surface area contributed by atoms with E-state index in [0.717, 1.165) is 16.8 Å². The molecule has 2 nitrogen and oxygen atoms in total. The molecule has 3 aromatic carbocycles. The van der Waals surface area contributed by atoms with Crippen molar-refractivity contribution in [2.75, 3.05) is 5.32 Å². The highest BCUT2D eigenvalue weighted by Gasteiger charge is 2.22. The number of rotatable bonds is 5. The van der Waals surface area contributed by atoms with Crippen molar-refractivity contribution in [1.29, 1.82) is 0 Å². The summed E-state index contributed by atoms with van der Waals surface area (Å²) in [5.41, 5.74) is 2.95. The summed E-state index contributed by atoms with van der Waals surface area (Å²) in [6, 6.07) is 29.6. The summed E-state index contributed by atoms with van der Waals surface area (Å²) in [5.74, 6) is 0. The number of aliphatic hydroxyl groups is 1. The molecule has 3 aromatic rings. The van der Waals surface area contributed by atoms with E-state index >= 15 is 0 Å². The van der Waals surface area contributed by atoms with Crippen LogP contribution < -0.4 is 5.32 Å². The molecule has 2 atom stereocenters. The molecule has 3 rings (SSSR count). The fraction of sp³-hybridized carbons (Fsp3) is 0.100. The zero-order chi connectivity index (χ0) is 15.2. The van der Waals surface area contributed by atoms with Crippen molar-refractivity contribution in [2.24, 2.45) is 0 Å². The van der Waals surface area contributed by atoms with Gasteiger partial charge in [0.05, 0.1) is 6.04 Å². The third-order valence-corrected chi connectivity index (χ3v) is 3.71. The molecular weight excluding hydrogens is 270 g/mol. The molecule has 0 unspecified atom stereocenters. The predicted molar refractivity (Wildman–Crippen MR) is 90.6 cm³/mol. The molecule has 22 heavy (non-hydrogen) atoms. The molecule has 0 aromatic heterocycles. The molecule has 0 aliphatic rings. The van der Waals surface area contributed by atoms with Gasteiger partial charge in [-0.2, -0.15) is 0 Å². The Morgan fingerprint density at radius 3 is 1.59 bits per heavy atom. The standard InChI is InChI=1S/C20H19NO/c22-20(17-12-6-2-7-13-17)19(16-10-4-1-5-11-16)21-18-14-8-3-9-15-18/h1-15,19-22H/t19-,20+/m1/s1. The lowest BCUT2D eigenvalue weighted by molar-refractivity contribution is 0.155. The first-order valence-electron chi connectivity index (χ1n) is 7.44. The zero-order valence-corrected chi connectivity index (χ0v) is 12.3. The van der Waals surface area contributed by atoms with Gasteiger partial charge >= 0.3 is 0 Å². The van der Waals surface area contributed by atoms with E-state index in [1.165, 1.54) is 0 Å². The maximum Gasteiger partial charge on any atom is 0.103 e. The Balaban J connectivity index is 1.93. The molecule has 110 valence electrons. The summed E-state index contributed by atoms with van der Waals surface area (Å²) in [5, 5.41) is 14.3. The van der Waals surface area contributed by atoms with Crippen molar-refractivity contribution in [3.05, 3.63) is 102 Å². The SMILES string of the molecule is O[C@@H](c1ccccc1)[C@H](Nc1ccccc1)c1ccccc1. The number of hydrogen-bond donors (Lipinski definition) is 2. The van der Waals surface area contributed by atoms with Gasteiger partial charge < -0.3 is 10.4 Å². The van der Waals surface area contributed by atoms with Crippen LogP contribution in [0.2, 0.25) is 0 Å². The second kappa shape index (κ2) is 6.92. The van der Waals surface area contributed by atoms with Crippen molar-refractivity contribution in [3.8, 4) is 0 Å².